The number of hydrogen-bond acceptors (Lipinski definition) is 5. The van der Waals surface area contributed by atoms with E-state index in [9.17, 15) is 4.79 Å². The number of para-hydroxylation sites is 1. The number of benzene rings is 3. The second kappa shape index (κ2) is 10.3. The number of aryl methyl sites for hydroxylation is 1. The van der Waals surface area contributed by atoms with Crippen LogP contribution in [0.5, 0.6) is 11.5 Å². The van der Waals surface area contributed by atoms with Crippen molar-refractivity contribution in [2.75, 3.05) is 13.7 Å². The largest absolute Gasteiger partial charge is 0.495 e. The van der Waals surface area contributed by atoms with Gasteiger partial charge in [0, 0.05) is 5.56 Å². The van der Waals surface area contributed by atoms with Crippen LogP contribution in [-0.4, -0.2) is 29.6 Å². The van der Waals surface area contributed by atoms with Gasteiger partial charge in [0.25, 0.3) is 5.56 Å². The van der Waals surface area contributed by atoms with Crippen molar-refractivity contribution in [2.24, 2.45) is 5.10 Å². The molecule has 0 atom stereocenters. The smallest absolute Gasteiger partial charge is 0.282 e. The molecule has 0 aliphatic rings. The molecule has 0 aliphatic heterocycles. The van der Waals surface area contributed by atoms with Crippen LogP contribution in [0.25, 0.3) is 22.3 Å². The second-order valence-corrected chi connectivity index (χ2v) is 8.91. The van der Waals surface area contributed by atoms with E-state index in [-0.39, 0.29) is 11.5 Å². The first-order valence-electron chi connectivity index (χ1n) is 11.5. The summed E-state index contributed by atoms with van der Waals surface area (Å²) in [7, 11) is 1.56. The number of hydrogen-bond donors (Lipinski definition) is 0. The maximum atomic E-state index is 13.5. The fraction of sp³-hybridized carbons (Fsp3) is 0.250. The highest BCUT2D eigenvalue weighted by Gasteiger charge is 2.18. The number of rotatable bonds is 7. The molecule has 0 amide bonds. The average Bonchev–Trinajstić information content (AvgIpc) is 2.83. The van der Waals surface area contributed by atoms with Crippen molar-refractivity contribution in [3.05, 3.63) is 86.7 Å². The first-order chi connectivity index (χ1) is 16.8. The zero-order valence-electron chi connectivity index (χ0n) is 20.5. The number of ether oxygens (including phenoxy) is 2. The van der Waals surface area contributed by atoms with E-state index >= 15 is 0 Å². The summed E-state index contributed by atoms with van der Waals surface area (Å²) in [5, 5.41) is 5.52. The van der Waals surface area contributed by atoms with Crippen LogP contribution in [0.4, 0.5) is 0 Å². The van der Waals surface area contributed by atoms with E-state index in [1.54, 1.807) is 31.5 Å². The Morgan fingerprint density at radius 3 is 2.57 bits per heavy atom. The highest BCUT2D eigenvalue weighted by Crippen LogP contribution is 2.34. The SMILES string of the molecule is CCOc1cc(C)c(-c2nc3ccccc3c(=O)n2N=Cc2ccc(OC)c(Cl)c2)cc1C(C)C. The van der Waals surface area contributed by atoms with Gasteiger partial charge in [0.1, 0.15) is 11.5 Å². The number of aromatic nitrogens is 2. The summed E-state index contributed by atoms with van der Waals surface area (Å²) in [5.41, 5.74) is 3.91. The van der Waals surface area contributed by atoms with E-state index < -0.39 is 0 Å². The molecule has 0 fully saturated rings. The summed E-state index contributed by atoms with van der Waals surface area (Å²) in [5.74, 6) is 2.10. The van der Waals surface area contributed by atoms with E-state index in [1.165, 1.54) is 4.68 Å². The van der Waals surface area contributed by atoms with Crippen molar-refractivity contribution >= 4 is 28.7 Å². The summed E-state index contributed by atoms with van der Waals surface area (Å²) in [6, 6.07) is 16.7. The third-order valence-electron chi connectivity index (χ3n) is 5.77. The van der Waals surface area contributed by atoms with E-state index in [1.807, 2.05) is 44.2 Å². The maximum Gasteiger partial charge on any atom is 0.282 e. The van der Waals surface area contributed by atoms with Crippen LogP contribution in [0.2, 0.25) is 5.02 Å². The van der Waals surface area contributed by atoms with Gasteiger partial charge in [0.2, 0.25) is 0 Å². The Kier molecular flexibility index (Phi) is 7.22. The predicted octanol–water partition coefficient (Wildman–Crippen LogP) is 6.44. The first kappa shape index (κ1) is 24.5. The van der Waals surface area contributed by atoms with Gasteiger partial charge in [0.15, 0.2) is 5.82 Å². The lowest BCUT2D eigenvalue weighted by molar-refractivity contribution is 0.335. The predicted molar refractivity (Wildman–Crippen MR) is 142 cm³/mol. The van der Waals surface area contributed by atoms with Gasteiger partial charge in [-0.3, -0.25) is 4.79 Å². The molecular weight excluding hydrogens is 462 g/mol. The van der Waals surface area contributed by atoms with Crippen molar-refractivity contribution in [1.82, 2.24) is 9.66 Å². The molecule has 1 aromatic heterocycles. The highest BCUT2D eigenvalue weighted by molar-refractivity contribution is 6.32. The Balaban J connectivity index is 1.95. The van der Waals surface area contributed by atoms with Crippen LogP contribution in [0.15, 0.2) is 64.5 Å². The molecule has 0 saturated heterocycles. The molecule has 0 radical (unpaired) electrons. The molecule has 0 aliphatic carbocycles. The summed E-state index contributed by atoms with van der Waals surface area (Å²) in [6.07, 6.45) is 1.60. The number of fused-ring (bicyclic) bond motifs is 1. The zero-order valence-corrected chi connectivity index (χ0v) is 21.3. The monoisotopic (exact) mass is 489 g/mol. The van der Waals surface area contributed by atoms with Crippen LogP contribution in [0.1, 0.15) is 43.4 Å². The Morgan fingerprint density at radius 2 is 1.89 bits per heavy atom. The molecule has 4 rings (SSSR count). The van der Waals surface area contributed by atoms with Gasteiger partial charge in [-0.25, -0.2) is 4.98 Å². The Morgan fingerprint density at radius 1 is 1.11 bits per heavy atom. The minimum absolute atomic E-state index is 0.224. The standard InChI is InChI=1S/C28H28ClN3O3/c1-6-35-26-13-18(4)22(15-21(26)17(2)3)27-31-24-10-8-7-9-20(24)28(33)32(27)30-16-19-11-12-25(34-5)23(29)14-19/h7-17H,6H2,1-5H3. The normalized spacial score (nSPS) is 11.5. The molecular formula is C28H28ClN3O3. The molecule has 35 heavy (non-hydrogen) atoms. The Bertz CT molecular complexity index is 1470. The van der Waals surface area contributed by atoms with Gasteiger partial charge in [-0.1, -0.05) is 37.6 Å². The minimum Gasteiger partial charge on any atom is -0.495 e. The van der Waals surface area contributed by atoms with Gasteiger partial charge < -0.3 is 9.47 Å². The molecule has 0 spiro atoms. The van der Waals surface area contributed by atoms with E-state index in [0.717, 1.165) is 28.0 Å². The lowest BCUT2D eigenvalue weighted by atomic mass is 9.96. The van der Waals surface area contributed by atoms with Crippen molar-refractivity contribution in [3.63, 3.8) is 0 Å². The molecule has 180 valence electrons. The first-order valence-corrected chi connectivity index (χ1v) is 11.9. The number of halogens is 1. The number of nitrogens with zero attached hydrogens (tertiary/aromatic N) is 3. The van der Waals surface area contributed by atoms with Crippen molar-refractivity contribution < 1.29 is 9.47 Å². The maximum absolute atomic E-state index is 13.5. The van der Waals surface area contributed by atoms with E-state index in [0.29, 0.717) is 34.1 Å². The summed E-state index contributed by atoms with van der Waals surface area (Å²) >= 11 is 6.28. The van der Waals surface area contributed by atoms with Crippen LogP contribution in [0, 0.1) is 6.92 Å². The van der Waals surface area contributed by atoms with Gasteiger partial charge in [-0.15, -0.1) is 0 Å². The second-order valence-electron chi connectivity index (χ2n) is 8.50. The topological polar surface area (TPSA) is 65.7 Å². The van der Waals surface area contributed by atoms with Gasteiger partial charge >= 0.3 is 0 Å². The molecule has 0 unspecified atom stereocenters. The minimum atomic E-state index is -0.249. The van der Waals surface area contributed by atoms with Gasteiger partial charge in [-0.2, -0.15) is 9.78 Å². The Labute approximate surface area is 209 Å². The molecule has 3 aromatic carbocycles. The van der Waals surface area contributed by atoms with Crippen LogP contribution in [0.3, 0.4) is 0 Å². The highest BCUT2D eigenvalue weighted by atomic mass is 35.5. The third kappa shape index (κ3) is 4.93. The molecule has 0 N–H and O–H groups in total. The van der Waals surface area contributed by atoms with Crippen LogP contribution in [-0.2, 0) is 0 Å². The van der Waals surface area contributed by atoms with Gasteiger partial charge in [0.05, 0.1) is 35.9 Å². The van der Waals surface area contributed by atoms with Gasteiger partial charge in [-0.05, 0) is 78.9 Å². The van der Waals surface area contributed by atoms with Crippen molar-refractivity contribution in [1.29, 1.82) is 0 Å². The fourth-order valence-electron chi connectivity index (χ4n) is 3.96. The summed E-state index contributed by atoms with van der Waals surface area (Å²) in [4.78, 5) is 18.4. The van der Waals surface area contributed by atoms with E-state index in [2.05, 4.69) is 25.0 Å². The third-order valence-corrected chi connectivity index (χ3v) is 6.07. The van der Waals surface area contributed by atoms with Crippen LogP contribution >= 0.6 is 11.6 Å². The molecule has 1 heterocycles. The molecule has 0 bridgehead atoms. The zero-order chi connectivity index (χ0) is 25.1. The Hall–Kier alpha value is -3.64. The molecule has 6 nitrogen and oxygen atoms in total. The quantitative estimate of drug-likeness (QED) is 0.280. The lowest BCUT2D eigenvalue weighted by Gasteiger charge is -2.18. The summed E-state index contributed by atoms with van der Waals surface area (Å²) in [6.45, 7) is 8.76. The molecule has 4 aromatic rings. The molecule has 7 heteroatoms. The fourth-order valence-corrected chi connectivity index (χ4v) is 4.23. The lowest BCUT2D eigenvalue weighted by Crippen LogP contribution is -2.20. The number of methoxy groups -OCH3 is 1. The average molecular weight is 490 g/mol. The van der Waals surface area contributed by atoms with Crippen molar-refractivity contribution in [2.45, 2.75) is 33.6 Å². The van der Waals surface area contributed by atoms with Crippen LogP contribution < -0.4 is 15.0 Å². The van der Waals surface area contributed by atoms with E-state index in [4.69, 9.17) is 26.1 Å². The summed E-state index contributed by atoms with van der Waals surface area (Å²) < 4.78 is 12.5. The molecule has 0 saturated carbocycles. The van der Waals surface area contributed by atoms with Crippen molar-refractivity contribution in [3.8, 4) is 22.9 Å².